The average Bonchev–Trinajstić information content (AvgIpc) is 2.51. The number of likely N-dealkylation sites (tertiary alicyclic amines) is 1. The van der Waals surface area contributed by atoms with Crippen molar-refractivity contribution in [2.75, 3.05) is 6.54 Å². The number of amides is 2. The Morgan fingerprint density at radius 1 is 1.28 bits per heavy atom. The van der Waals surface area contributed by atoms with Gasteiger partial charge in [-0.1, -0.05) is 51.1 Å². The van der Waals surface area contributed by atoms with Crippen LogP contribution in [0.5, 0.6) is 0 Å². The predicted octanol–water partition coefficient (Wildman–Crippen LogP) is 4.19. The van der Waals surface area contributed by atoms with Crippen LogP contribution in [0.15, 0.2) is 30.3 Å². The molecule has 0 radical (unpaired) electrons. The molecule has 2 rings (SSSR count). The fraction of sp³-hybridized carbons (Fsp3) is 0.579. The molecule has 0 aliphatic carbocycles. The zero-order valence-corrected chi connectivity index (χ0v) is 17.0. The molecule has 1 aliphatic heterocycles. The van der Waals surface area contributed by atoms with Gasteiger partial charge in [-0.05, 0) is 30.6 Å². The Labute approximate surface area is 151 Å². The molecule has 0 bridgehead atoms. The second-order valence-electron chi connectivity index (χ2n) is 8.18. The van der Waals surface area contributed by atoms with E-state index in [1.165, 1.54) is 4.90 Å². The number of carbonyl (C=O) groups is 2. The van der Waals surface area contributed by atoms with Crippen molar-refractivity contribution < 1.29 is 18.8 Å². The van der Waals surface area contributed by atoms with Crippen molar-refractivity contribution in [1.29, 1.82) is 0 Å². The minimum Gasteiger partial charge on any atom is -0.444 e. The third kappa shape index (κ3) is 4.49. The quantitative estimate of drug-likeness (QED) is 0.581. The van der Waals surface area contributed by atoms with E-state index in [4.69, 9.17) is 9.16 Å². The van der Waals surface area contributed by atoms with E-state index >= 15 is 0 Å². The standard InChI is InChI=1S/C19H29NO4Si/c1-14(24-25(5,6)19(2,3)4)16-12-20(17(16)21)18(22)23-13-15-10-8-7-9-11-15/h7-11,14,16H,12-13H2,1-6H3/t14-,16+/m1/s1. The summed E-state index contributed by atoms with van der Waals surface area (Å²) >= 11 is 0. The van der Waals surface area contributed by atoms with Crippen molar-refractivity contribution in [1.82, 2.24) is 4.90 Å². The Balaban J connectivity index is 1.85. The van der Waals surface area contributed by atoms with Gasteiger partial charge in [0.1, 0.15) is 6.61 Å². The Kier molecular flexibility index (Phi) is 5.74. The highest BCUT2D eigenvalue weighted by Crippen LogP contribution is 2.39. The summed E-state index contributed by atoms with van der Waals surface area (Å²) in [4.78, 5) is 25.6. The number of hydrogen-bond acceptors (Lipinski definition) is 4. The van der Waals surface area contributed by atoms with Gasteiger partial charge in [-0.3, -0.25) is 4.79 Å². The zero-order chi connectivity index (χ0) is 18.8. The van der Waals surface area contributed by atoms with Crippen molar-refractivity contribution in [2.24, 2.45) is 5.92 Å². The molecule has 1 saturated heterocycles. The molecule has 5 nitrogen and oxygen atoms in total. The lowest BCUT2D eigenvalue weighted by Crippen LogP contribution is -2.60. The zero-order valence-electron chi connectivity index (χ0n) is 16.0. The summed E-state index contributed by atoms with van der Waals surface area (Å²) in [6.45, 7) is 13.3. The number of hydrogen-bond donors (Lipinski definition) is 0. The molecule has 2 atom stereocenters. The lowest BCUT2D eigenvalue weighted by molar-refractivity contribution is -0.150. The summed E-state index contributed by atoms with van der Waals surface area (Å²) in [5.41, 5.74) is 0.898. The molecule has 1 aromatic rings. The molecule has 0 spiro atoms. The van der Waals surface area contributed by atoms with E-state index in [2.05, 4.69) is 33.9 Å². The van der Waals surface area contributed by atoms with Crippen LogP contribution in [0.25, 0.3) is 0 Å². The van der Waals surface area contributed by atoms with Crippen LogP contribution in [0.2, 0.25) is 18.1 Å². The first kappa shape index (κ1) is 19.7. The minimum atomic E-state index is -1.94. The van der Waals surface area contributed by atoms with Crippen molar-refractivity contribution in [3.05, 3.63) is 35.9 Å². The van der Waals surface area contributed by atoms with Crippen LogP contribution in [0.3, 0.4) is 0 Å². The number of rotatable bonds is 5. The van der Waals surface area contributed by atoms with Gasteiger partial charge >= 0.3 is 6.09 Å². The third-order valence-corrected chi connectivity index (χ3v) is 9.81. The fourth-order valence-corrected chi connectivity index (χ4v) is 3.93. The molecule has 1 heterocycles. The first-order valence-corrected chi connectivity index (χ1v) is 11.6. The summed E-state index contributed by atoms with van der Waals surface area (Å²) in [6, 6.07) is 9.42. The van der Waals surface area contributed by atoms with Crippen LogP contribution in [0.4, 0.5) is 4.79 Å². The van der Waals surface area contributed by atoms with E-state index in [0.29, 0.717) is 6.54 Å². The molecule has 6 heteroatoms. The summed E-state index contributed by atoms with van der Waals surface area (Å²) in [7, 11) is -1.94. The van der Waals surface area contributed by atoms with Crippen molar-refractivity contribution >= 4 is 20.3 Å². The van der Waals surface area contributed by atoms with Crippen LogP contribution in [-0.2, 0) is 20.6 Å². The fourth-order valence-electron chi connectivity index (χ4n) is 2.49. The van der Waals surface area contributed by atoms with E-state index in [-0.39, 0.29) is 29.6 Å². The molecule has 1 aliphatic rings. The van der Waals surface area contributed by atoms with Crippen LogP contribution in [0, 0.1) is 5.92 Å². The molecule has 0 unspecified atom stereocenters. The van der Waals surface area contributed by atoms with Crippen LogP contribution >= 0.6 is 0 Å². The van der Waals surface area contributed by atoms with Gasteiger partial charge in [-0.2, -0.15) is 0 Å². The monoisotopic (exact) mass is 363 g/mol. The van der Waals surface area contributed by atoms with E-state index in [9.17, 15) is 9.59 Å². The SMILES string of the molecule is C[C@@H](O[Si](C)(C)C(C)(C)C)[C@@H]1CN(C(=O)OCc2ccccc2)C1=O. The van der Waals surface area contributed by atoms with E-state index in [1.54, 1.807) is 0 Å². The smallest absolute Gasteiger partial charge is 0.416 e. The van der Waals surface area contributed by atoms with Gasteiger partial charge in [0.2, 0.25) is 5.91 Å². The molecule has 1 fully saturated rings. The number of ether oxygens (including phenoxy) is 1. The Hall–Kier alpha value is -1.66. The topological polar surface area (TPSA) is 55.8 Å². The minimum absolute atomic E-state index is 0.0857. The third-order valence-electron chi connectivity index (χ3n) is 5.24. The van der Waals surface area contributed by atoms with E-state index in [1.807, 2.05) is 37.3 Å². The normalized spacial score (nSPS) is 19.4. The highest BCUT2D eigenvalue weighted by Gasteiger charge is 2.48. The van der Waals surface area contributed by atoms with Gasteiger partial charge in [-0.25, -0.2) is 9.69 Å². The molecule has 0 N–H and O–H groups in total. The molecule has 2 amide bonds. The van der Waals surface area contributed by atoms with Gasteiger partial charge in [0.25, 0.3) is 0 Å². The number of benzene rings is 1. The maximum atomic E-state index is 12.4. The van der Waals surface area contributed by atoms with Gasteiger partial charge in [0.15, 0.2) is 8.32 Å². The lowest BCUT2D eigenvalue weighted by atomic mass is 9.94. The average molecular weight is 364 g/mol. The number of nitrogens with zero attached hydrogens (tertiary/aromatic N) is 1. The number of β-lactam (4-membered cyclic amide) rings is 1. The lowest BCUT2D eigenvalue weighted by Gasteiger charge is -2.44. The summed E-state index contributed by atoms with van der Waals surface area (Å²) in [6.07, 6.45) is -0.767. The maximum Gasteiger partial charge on any atom is 0.416 e. The molecule has 25 heavy (non-hydrogen) atoms. The Morgan fingerprint density at radius 2 is 1.88 bits per heavy atom. The number of imide groups is 1. The molecule has 0 saturated carbocycles. The molecule has 138 valence electrons. The van der Waals surface area contributed by atoms with Crippen LogP contribution < -0.4 is 0 Å². The molecule has 1 aromatic carbocycles. The largest absolute Gasteiger partial charge is 0.444 e. The van der Waals surface area contributed by atoms with E-state index < -0.39 is 14.4 Å². The maximum absolute atomic E-state index is 12.4. The summed E-state index contributed by atoms with van der Waals surface area (Å²) < 4.78 is 11.5. The second kappa shape index (κ2) is 7.29. The van der Waals surface area contributed by atoms with Gasteiger partial charge in [-0.15, -0.1) is 0 Å². The summed E-state index contributed by atoms with van der Waals surface area (Å²) in [5, 5.41) is 0.0857. The van der Waals surface area contributed by atoms with E-state index in [0.717, 1.165) is 5.56 Å². The molecular formula is C19H29NO4Si. The van der Waals surface area contributed by atoms with Crippen LogP contribution in [-0.4, -0.2) is 37.9 Å². The molecule has 0 aromatic heterocycles. The highest BCUT2D eigenvalue weighted by atomic mass is 28.4. The first-order chi connectivity index (χ1) is 11.5. The second-order valence-corrected chi connectivity index (χ2v) is 12.9. The van der Waals surface area contributed by atoms with Crippen molar-refractivity contribution in [2.45, 2.75) is 58.5 Å². The predicted molar refractivity (Wildman–Crippen MR) is 99.6 cm³/mol. The van der Waals surface area contributed by atoms with Gasteiger partial charge in [0, 0.05) is 6.54 Å². The Bertz CT molecular complexity index is 624. The van der Waals surface area contributed by atoms with Crippen LogP contribution in [0.1, 0.15) is 33.3 Å². The van der Waals surface area contributed by atoms with Gasteiger partial charge < -0.3 is 9.16 Å². The molecular weight excluding hydrogens is 334 g/mol. The van der Waals surface area contributed by atoms with Crippen molar-refractivity contribution in [3.63, 3.8) is 0 Å². The van der Waals surface area contributed by atoms with Gasteiger partial charge in [0.05, 0.1) is 12.0 Å². The number of carbonyl (C=O) groups excluding carboxylic acids is 2. The first-order valence-electron chi connectivity index (χ1n) is 8.73. The Morgan fingerprint density at radius 3 is 2.40 bits per heavy atom. The van der Waals surface area contributed by atoms with Crippen molar-refractivity contribution in [3.8, 4) is 0 Å². The summed E-state index contributed by atoms with van der Waals surface area (Å²) in [5.74, 6) is -0.470. The highest BCUT2D eigenvalue weighted by molar-refractivity contribution is 6.74.